The zero-order valence-corrected chi connectivity index (χ0v) is 24.3. The molecule has 3 N–H and O–H groups in total. The van der Waals surface area contributed by atoms with Gasteiger partial charge in [0.1, 0.15) is 0 Å². The molecule has 0 amide bonds. The van der Waals surface area contributed by atoms with Gasteiger partial charge in [-0.3, -0.25) is 0 Å². The van der Waals surface area contributed by atoms with Crippen LogP contribution in [-0.4, -0.2) is 38.8 Å². The number of benzene rings is 3. The van der Waals surface area contributed by atoms with Crippen LogP contribution in [0.25, 0.3) is 0 Å². The van der Waals surface area contributed by atoms with Gasteiger partial charge in [0.15, 0.2) is 0 Å². The molecule has 0 bridgehead atoms. The first-order chi connectivity index (χ1) is 19.4. The average Bonchev–Trinajstić information content (AvgIpc) is 2.99. The van der Waals surface area contributed by atoms with E-state index in [1.54, 1.807) is 0 Å². The number of unbranched alkanes of at least 4 members (excludes halogenated alkanes) is 2. The van der Waals surface area contributed by atoms with Crippen LogP contribution in [0.5, 0.6) is 0 Å². The summed E-state index contributed by atoms with van der Waals surface area (Å²) in [5.74, 6) is 0. The summed E-state index contributed by atoms with van der Waals surface area (Å²) in [6.45, 7) is 5.65. The van der Waals surface area contributed by atoms with Gasteiger partial charge in [0.2, 0.25) is 0 Å². The Bertz CT molecular complexity index is 874. The molecule has 0 aliphatic rings. The number of rotatable bonds is 23. The Morgan fingerprint density at radius 2 is 0.769 bits per heavy atom. The summed E-state index contributed by atoms with van der Waals surface area (Å²) in [4.78, 5) is 0. The van der Waals surface area contributed by atoms with Gasteiger partial charge in [-0.15, -0.1) is 0 Å². The van der Waals surface area contributed by atoms with Crippen molar-refractivity contribution in [3.63, 3.8) is 0 Å². The Morgan fingerprint density at radius 1 is 0.385 bits per heavy atom. The smallest absolute Gasteiger partial charge is 0.00680 e. The van der Waals surface area contributed by atoms with Gasteiger partial charge in [-0.2, -0.15) is 0 Å². The highest BCUT2D eigenvalue weighted by Crippen LogP contribution is 2.08. The van der Waals surface area contributed by atoms with Crippen LogP contribution in [0, 0.1) is 0 Å². The maximum atomic E-state index is 3.89. The van der Waals surface area contributed by atoms with E-state index in [1.807, 2.05) is 0 Å². The maximum absolute atomic E-state index is 3.89. The summed E-state index contributed by atoms with van der Waals surface area (Å²) in [5.41, 5.74) is 4.37. The van der Waals surface area contributed by atoms with E-state index in [2.05, 4.69) is 107 Å². The molecule has 0 spiro atoms. The van der Waals surface area contributed by atoms with Gasteiger partial charge < -0.3 is 16.0 Å². The standard InChI is InChI=1S/C36H53N3/c1-4-17-33(18-5-1)23-10-12-28-37-30-15-26-36(39-32-14-25-35-21-8-3-9-22-35)27-16-31-38-29-13-11-24-34-19-6-2-7-20-34/h1-9,17-22,36-39H,10-16,23-32H2. The van der Waals surface area contributed by atoms with Gasteiger partial charge in [0, 0.05) is 6.04 Å². The Hall–Kier alpha value is -2.46. The summed E-state index contributed by atoms with van der Waals surface area (Å²) in [7, 11) is 0. The number of aryl methyl sites for hydroxylation is 3. The quantitative estimate of drug-likeness (QED) is 0.113. The van der Waals surface area contributed by atoms with Crippen molar-refractivity contribution in [2.75, 3.05) is 32.7 Å². The van der Waals surface area contributed by atoms with Crippen LogP contribution in [0.3, 0.4) is 0 Å². The second kappa shape index (κ2) is 21.4. The highest BCUT2D eigenvalue weighted by atomic mass is 14.9. The lowest BCUT2D eigenvalue weighted by atomic mass is 10.0. The first-order valence-electron chi connectivity index (χ1n) is 15.7. The third kappa shape index (κ3) is 15.7. The minimum Gasteiger partial charge on any atom is -0.317 e. The van der Waals surface area contributed by atoms with Gasteiger partial charge in [-0.25, -0.2) is 0 Å². The Balaban J connectivity index is 1.23. The van der Waals surface area contributed by atoms with Crippen LogP contribution in [0.1, 0.15) is 74.5 Å². The van der Waals surface area contributed by atoms with E-state index >= 15 is 0 Å². The molecular formula is C36H53N3. The molecule has 0 aromatic heterocycles. The summed E-state index contributed by atoms with van der Waals surface area (Å²) >= 11 is 0. The fourth-order valence-corrected chi connectivity index (χ4v) is 5.24. The molecular weight excluding hydrogens is 474 g/mol. The molecule has 3 aromatic rings. The lowest BCUT2D eigenvalue weighted by Gasteiger charge is -2.19. The summed E-state index contributed by atoms with van der Waals surface area (Å²) < 4.78 is 0. The molecule has 3 nitrogen and oxygen atoms in total. The first-order valence-corrected chi connectivity index (χ1v) is 15.7. The van der Waals surface area contributed by atoms with Crippen molar-refractivity contribution in [2.45, 2.75) is 83.1 Å². The van der Waals surface area contributed by atoms with Crippen LogP contribution >= 0.6 is 0 Å². The van der Waals surface area contributed by atoms with Crippen molar-refractivity contribution < 1.29 is 0 Å². The third-order valence-electron chi connectivity index (χ3n) is 7.55. The van der Waals surface area contributed by atoms with Crippen molar-refractivity contribution in [3.05, 3.63) is 108 Å². The van der Waals surface area contributed by atoms with E-state index in [0.717, 1.165) is 39.1 Å². The van der Waals surface area contributed by atoms with Gasteiger partial charge in [-0.1, -0.05) is 91.0 Å². The van der Waals surface area contributed by atoms with E-state index < -0.39 is 0 Å². The SMILES string of the molecule is c1ccc(CCCCNCCCC(CCCNCCCCc2ccccc2)NCCCc2ccccc2)cc1. The maximum Gasteiger partial charge on any atom is 0.00680 e. The van der Waals surface area contributed by atoms with Crippen molar-refractivity contribution in [1.82, 2.24) is 16.0 Å². The minimum absolute atomic E-state index is 0.625. The highest BCUT2D eigenvalue weighted by molar-refractivity contribution is 5.16. The van der Waals surface area contributed by atoms with Gasteiger partial charge in [-0.05, 0) is 126 Å². The zero-order valence-electron chi connectivity index (χ0n) is 24.3. The molecule has 0 unspecified atom stereocenters. The van der Waals surface area contributed by atoms with E-state index in [9.17, 15) is 0 Å². The molecule has 212 valence electrons. The second-order valence-electron chi connectivity index (χ2n) is 10.9. The van der Waals surface area contributed by atoms with Crippen LogP contribution in [0.15, 0.2) is 91.0 Å². The lowest BCUT2D eigenvalue weighted by molar-refractivity contribution is 0.416. The molecule has 0 aliphatic heterocycles. The molecule has 3 rings (SSSR count). The molecule has 39 heavy (non-hydrogen) atoms. The minimum atomic E-state index is 0.625. The molecule has 0 fully saturated rings. The molecule has 0 saturated heterocycles. The molecule has 3 heteroatoms. The fraction of sp³-hybridized carbons (Fsp3) is 0.500. The largest absolute Gasteiger partial charge is 0.317 e. The van der Waals surface area contributed by atoms with Crippen molar-refractivity contribution >= 4 is 0 Å². The third-order valence-corrected chi connectivity index (χ3v) is 7.55. The van der Waals surface area contributed by atoms with Crippen LogP contribution in [-0.2, 0) is 19.3 Å². The van der Waals surface area contributed by atoms with Crippen LogP contribution in [0.2, 0.25) is 0 Å². The van der Waals surface area contributed by atoms with Crippen LogP contribution < -0.4 is 16.0 Å². The number of hydrogen-bond donors (Lipinski definition) is 3. The van der Waals surface area contributed by atoms with Gasteiger partial charge in [0.05, 0.1) is 0 Å². The zero-order chi connectivity index (χ0) is 27.1. The van der Waals surface area contributed by atoms with E-state index in [1.165, 1.54) is 87.3 Å². The van der Waals surface area contributed by atoms with Crippen LogP contribution in [0.4, 0.5) is 0 Å². The second-order valence-corrected chi connectivity index (χ2v) is 10.9. The first kappa shape index (κ1) is 31.1. The van der Waals surface area contributed by atoms with E-state index in [0.29, 0.717) is 6.04 Å². The molecule has 0 heterocycles. The van der Waals surface area contributed by atoms with Crippen molar-refractivity contribution in [2.24, 2.45) is 0 Å². The normalized spacial score (nSPS) is 11.3. The summed E-state index contributed by atoms with van der Waals surface area (Å²) in [6, 6.07) is 33.2. The predicted octanol–water partition coefficient (Wildman–Crippen LogP) is 7.36. The van der Waals surface area contributed by atoms with Gasteiger partial charge in [0.25, 0.3) is 0 Å². The summed E-state index contributed by atoms with van der Waals surface area (Å²) in [6.07, 6.45) is 14.8. The van der Waals surface area contributed by atoms with E-state index in [4.69, 9.17) is 0 Å². The molecule has 0 aliphatic carbocycles. The average molecular weight is 528 g/mol. The van der Waals surface area contributed by atoms with Crippen molar-refractivity contribution in [1.29, 1.82) is 0 Å². The Morgan fingerprint density at radius 3 is 1.21 bits per heavy atom. The molecule has 0 radical (unpaired) electrons. The summed E-state index contributed by atoms with van der Waals surface area (Å²) in [5, 5.41) is 11.3. The molecule has 3 aromatic carbocycles. The Kier molecular flexibility index (Phi) is 17.0. The Labute approximate surface area is 239 Å². The number of nitrogens with one attached hydrogen (secondary N) is 3. The fourth-order valence-electron chi connectivity index (χ4n) is 5.24. The predicted molar refractivity (Wildman–Crippen MR) is 170 cm³/mol. The van der Waals surface area contributed by atoms with Gasteiger partial charge >= 0.3 is 0 Å². The monoisotopic (exact) mass is 527 g/mol. The molecule has 0 atom stereocenters. The topological polar surface area (TPSA) is 36.1 Å². The van der Waals surface area contributed by atoms with Crippen molar-refractivity contribution in [3.8, 4) is 0 Å². The molecule has 0 saturated carbocycles. The van der Waals surface area contributed by atoms with E-state index in [-0.39, 0.29) is 0 Å². The highest BCUT2D eigenvalue weighted by Gasteiger charge is 2.08. The lowest BCUT2D eigenvalue weighted by Crippen LogP contribution is -2.32. The number of hydrogen-bond acceptors (Lipinski definition) is 3.